The maximum absolute atomic E-state index is 13.2. The van der Waals surface area contributed by atoms with Gasteiger partial charge >= 0.3 is 0 Å². The lowest BCUT2D eigenvalue weighted by Crippen LogP contribution is -2.41. The van der Waals surface area contributed by atoms with Crippen molar-refractivity contribution in [2.24, 2.45) is 0 Å². The number of aryl methyl sites for hydroxylation is 2. The molecular weight excluding hydrogens is 350 g/mol. The molecular formula is C20H21NO4S. The van der Waals surface area contributed by atoms with Crippen molar-refractivity contribution in [3.63, 3.8) is 0 Å². The van der Waals surface area contributed by atoms with Gasteiger partial charge in [-0.15, -0.1) is 0 Å². The lowest BCUT2D eigenvalue weighted by Gasteiger charge is -2.28. The third-order valence-corrected chi connectivity index (χ3v) is 5.66. The second-order valence-electron chi connectivity index (χ2n) is 6.47. The fraction of sp³-hybridized carbons (Fsp3) is 0.250. The van der Waals surface area contributed by atoms with E-state index in [1.54, 1.807) is 42.4 Å². The molecule has 0 saturated carbocycles. The Balaban J connectivity index is 2.04. The number of ether oxygens (including phenoxy) is 1. The second kappa shape index (κ2) is 6.96. The van der Waals surface area contributed by atoms with E-state index in [2.05, 4.69) is 0 Å². The smallest absolute Gasteiger partial charge is 0.258 e. The average molecular weight is 371 g/mol. The highest BCUT2D eigenvalue weighted by atomic mass is 32.2. The molecule has 136 valence electrons. The van der Waals surface area contributed by atoms with E-state index < -0.39 is 15.9 Å². The lowest BCUT2D eigenvalue weighted by atomic mass is 10.1. The fourth-order valence-electron chi connectivity index (χ4n) is 3.14. The zero-order valence-corrected chi connectivity index (χ0v) is 15.8. The summed E-state index contributed by atoms with van der Waals surface area (Å²) >= 11 is 0. The molecule has 0 radical (unpaired) electrons. The molecule has 3 rings (SSSR count). The molecule has 0 aromatic heterocycles. The van der Waals surface area contributed by atoms with Gasteiger partial charge in [0.2, 0.25) is 0 Å². The monoisotopic (exact) mass is 371 g/mol. The first kappa shape index (κ1) is 18.2. The molecule has 1 aliphatic heterocycles. The Hall–Kier alpha value is -2.60. The molecule has 0 saturated heterocycles. The van der Waals surface area contributed by atoms with Gasteiger partial charge in [-0.3, -0.25) is 4.79 Å². The van der Waals surface area contributed by atoms with Crippen LogP contribution in [0.15, 0.2) is 53.9 Å². The summed E-state index contributed by atoms with van der Waals surface area (Å²) in [7, 11) is -1.73. The van der Waals surface area contributed by atoms with Crippen LogP contribution in [0.3, 0.4) is 0 Å². The van der Waals surface area contributed by atoms with Crippen LogP contribution in [0.1, 0.15) is 21.5 Å². The number of amides is 1. The van der Waals surface area contributed by atoms with Crippen LogP contribution in [0, 0.1) is 13.8 Å². The summed E-state index contributed by atoms with van der Waals surface area (Å²) in [5, 5.41) is 1.19. The van der Waals surface area contributed by atoms with Gasteiger partial charge < -0.3 is 9.64 Å². The summed E-state index contributed by atoms with van der Waals surface area (Å²) in [6, 6.07) is 12.1. The van der Waals surface area contributed by atoms with E-state index in [1.807, 2.05) is 32.0 Å². The molecule has 0 bridgehead atoms. The van der Waals surface area contributed by atoms with Crippen LogP contribution >= 0.6 is 0 Å². The molecule has 2 aromatic rings. The van der Waals surface area contributed by atoms with Crippen LogP contribution in [0.5, 0.6) is 5.75 Å². The Morgan fingerprint density at radius 2 is 1.69 bits per heavy atom. The lowest BCUT2D eigenvalue weighted by molar-refractivity contribution is 0.0983. The first-order chi connectivity index (χ1) is 12.3. The van der Waals surface area contributed by atoms with Crippen molar-refractivity contribution in [1.29, 1.82) is 0 Å². The van der Waals surface area contributed by atoms with Crippen LogP contribution in [-0.4, -0.2) is 33.2 Å². The first-order valence-corrected chi connectivity index (χ1v) is 9.97. The number of carbonyl (C=O) groups is 1. The van der Waals surface area contributed by atoms with Crippen LogP contribution in [0.25, 0.3) is 0 Å². The van der Waals surface area contributed by atoms with Gasteiger partial charge in [-0.25, -0.2) is 8.42 Å². The number of anilines is 1. The van der Waals surface area contributed by atoms with Crippen molar-refractivity contribution in [2.75, 3.05) is 17.8 Å². The third kappa shape index (κ3) is 3.80. The first-order valence-electron chi connectivity index (χ1n) is 8.26. The highest BCUT2D eigenvalue weighted by Gasteiger charge is 2.32. The second-order valence-corrected chi connectivity index (χ2v) is 8.41. The molecule has 1 atom stereocenters. The van der Waals surface area contributed by atoms with Crippen molar-refractivity contribution in [2.45, 2.75) is 19.9 Å². The van der Waals surface area contributed by atoms with Gasteiger partial charge in [0.05, 0.1) is 18.9 Å². The zero-order valence-electron chi connectivity index (χ0n) is 15.0. The Morgan fingerprint density at radius 1 is 1.08 bits per heavy atom. The number of carbonyl (C=O) groups excluding carboxylic acids is 1. The van der Waals surface area contributed by atoms with E-state index >= 15 is 0 Å². The number of rotatable bonds is 4. The van der Waals surface area contributed by atoms with Crippen molar-refractivity contribution in [1.82, 2.24) is 0 Å². The largest absolute Gasteiger partial charge is 0.497 e. The number of nitrogens with zero attached hydrogens (tertiary/aromatic N) is 1. The van der Waals surface area contributed by atoms with E-state index in [1.165, 1.54) is 5.41 Å². The van der Waals surface area contributed by atoms with Gasteiger partial charge in [0.25, 0.3) is 5.91 Å². The maximum atomic E-state index is 13.2. The van der Waals surface area contributed by atoms with Crippen LogP contribution in [-0.2, 0) is 9.84 Å². The Labute approximate surface area is 153 Å². The summed E-state index contributed by atoms with van der Waals surface area (Å²) in [4.78, 5) is 14.8. The summed E-state index contributed by atoms with van der Waals surface area (Å²) in [6.45, 7) is 3.90. The average Bonchev–Trinajstić information content (AvgIpc) is 2.93. The van der Waals surface area contributed by atoms with Crippen LogP contribution in [0.4, 0.5) is 5.69 Å². The van der Waals surface area contributed by atoms with E-state index in [4.69, 9.17) is 4.74 Å². The molecule has 0 aliphatic carbocycles. The zero-order chi connectivity index (χ0) is 18.9. The summed E-state index contributed by atoms with van der Waals surface area (Å²) in [5.41, 5.74) is 3.19. The molecule has 0 N–H and O–H groups in total. The van der Waals surface area contributed by atoms with Crippen molar-refractivity contribution >= 4 is 21.4 Å². The van der Waals surface area contributed by atoms with Gasteiger partial charge in [0.1, 0.15) is 5.75 Å². The third-order valence-electron chi connectivity index (χ3n) is 4.28. The minimum Gasteiger partial charge on any atom is -0.497 e. The maximum Gasteiger partial charge on any atom is 0.258 e. The number of methoxy groups -OCH3 is 1. The fourth-order valence-corrected chi connectivity index (χ4v) is 4.41. The Bertz CT molecular complexity index is 942. The molecule has 6 heteroatoms. The molecule has 1 amide bonds. The molecule has 1 aliphatic rings. The predicted molar refractivity (Wildman–Crippen MR) is 102 cm³/mol. The predicted octanol–water partition coefficient (Wildman–Crippen LogP) is 3.27. The normalized spacial score (nSPS) is 17.9. The van der Waals surface area contributed by atoms with Gasteiger partial charge in [-0.05, 0) is 67.4 Å². The van der Waals surface area contributed by atoms with E-state index in [0.29, 0.717) is 17.0 Å². The summed E-state index contributed by atoms with van der Waals surface area (Å²) in [6.07, 6.45) is 1.58. The molecule has 5 nitrogen and oxygen atoms in total. The Kier molecular flexibility index (Phi) is 4.87. The highest BCUT2D eigenvalue weighted by molar-refractivity contribution is 7.94. The standard InChI is InChI=1S/C20H21NO4S/c1-14-10-15(2)12-18(11-14)21(17-8-9-26(23,24)13-17)20(22)16-4-6-19(25-3)7-5-16/h4-12,17H,13H2,1-3H3. The molecule has 26 heavy (non-hydrogen) atoms. The van der Waals surface area contributed by atoms with Crippen molar-refractivity contribution in [3.8, 4) is 5.75 Å². The van der Waals surface area contributed by atoms with Crippen molar-refractivity contribution < 1.29 is 17.9 Å². The number of benzene rings is 2. The SMILES string of the molecule is COc1ccc(C(=O)N(c2cc(C)cc(C)c2)C2C=CS(=O)(=O)C2)cc1. The topological polar surface area (TPSA) is 63.7 Å². The molecule has 0 fully saturated rings. The van der Waals surface area contributed by atoms with E-state index in [9.17, 15) is 13.2 Å². The molecule has 2 aromatic carbocycles. The van der Waals surface area contributed by atoms with Gasteiger partial charge in [-0.2, -0.15) is 0 Å². The van der Waals surface area contributed by atoms with Crippen molar-refractivity contribution in [3.05, 3.63) is 70.6 Å². The Morgan fingerprint density at radius 3 is 2.19 bits per heavy atom. The number of sulfone groups is 1. The summed E-state index contributed by atoms with van der Waals surface area (Å²) < 4.78 is 29.0. The van der Waals surface area contributed by atoms with Gasteiger partial charge in [0, 0.05) is 16.7 Å². The number of hydrogen-bond acceptors (Lipinski definition) is 4. The van der Waals surface area contributed by atoms with Crippen LogP contribution in [0.2, 0.25) is 0 Å². The quantitative estimate of drug-likeness (QED) is 0.827. The highest BCUT2D eigenvalue weighted by Crippen LogP contribution is 2.27. The number of hydrogen-bond donors (Lipinski definition) is 0. The van der Waals surface area contributed by atoms with Gasteiger partial charge in [-0.1, -0.05) is 6.07 Å². The van der Waals surface area contributed by atoms with E-state index in [-0.39, 0.29) is 11.7 Å². The summed E-state index contributed by atoms with van der Waals surface area (Å²) in [5.74, 6) is 0.300. The molecule has 0 spiro atoms. The minimum atomic E-state index is -3.29. The van der Waals surface area contributed by atoms with Gasteiger partial charge in [0.15, 0.2) is 9.84 Å². The molecule has 1 unspecified atom stereocenters. The van der Waals surface area contributed by atoms with E-state index in [0.717, 1.165) is 11.1 Å². The minimum absolute atomic E-state index is 0.109. The van der Waals surface area contributed by atoms with Crippen LogP contribution < -0.4 is 9.64 Å². The molecule has 1 heterocycles.